The van der Waals surface area contributed by atoms with E-state index in [1.807, 2.05) is 0 Å². The predicted molar refractivity (Wildman–Crippen MR) is 119 cm³/mol. The second-order valence-corrected chi connectivity index (χ2v) is 11.6. The van der Waals surface area contributed by atoms with Crippen molar-refractivity contribution < 1.29 is 26.7 Å². The number of benzene rings is 2. The van der Waals surface area contributed by atoms with Gasteiger partial charge in [0.25, 0.3) is 0 Å². The second kappa shape index (κ2) is 10.8. The largest absolute Gasteiger partial charge is 0.480 e. The summed E-state index contributed by atoms with van der Waals surface area (Å²) in [5.41, 5.74) is 0. The summed E-state index contributed by atoms with van der Waals surface area (Å²) in [5.74, 6) is -1.30. The van der Waals surface area contributed by atoms with Crippen molar-refractivity contribution in [2.24, 2.45) is 0 Å². The van der Waals surface area contributed by atoms with Crippen molar-refractivity contribution in [3.63, 3.8) is 0 Å². The highest BCUT2D eigenvalue weighted by Crippen LogP contribution is 2.16. The maximum absolute atomic E-state index is 12.4. The van der Waals surface area contributed by atoms with Gasteiger partial charge in [-0.05, 0) is 67.8 Å². The van der Waals surface area contributed by atoms with Gasteiger partial charge in [-0.25, -0.2) is 21.6 Å². The lowest BCUT2D eigenvalue weighted by molar-refractivity contribution is -0.139. The zero-order chi connectivity index (χ0) is 22.4. The molecule has 12 heteroatoms. The van der Waals surface area contributed by atoms with Crippen LogP contribution in [0.25, 0.3) is 0 Å². The first-order valence-corrected chi connectivity index (χ1v) is 13.3. The molecule has 30 heavy (non-hydrogen) atoms. The third-order valence-corrected chi connectivity index (χ3v) is 8.08. The molecule has 0 aliphatic heterocycles. The number of aliphatic carboxylic acids is 1. The Morgan fingerprint density at radius 3 is 1.77 bits per heavy atom. The molecule has 2 aromatic rings. The van der Waals surface area contributed by atoms with Gasteiger partial charge in [-0.15, -0.1) is 0 Å². The summed E-state index contributed by atoms with van der Waals surface area (Å²) >= 11 is 6.44. The quantitative estimate of drug-likeness (QED) is 0.349. The summed E-state index contributed by atoms with van der Waals surface area (Å²) in [6.07, 6.45) is 0.674. The Balaban J connectivity index is 1.87. The van der Waals surface area contributed by atoms with Crippen LogP contribution in [-0.2, 0) is 24.8 Å². The van der Waals surface area contributed by atoms with Crippen LogP contribution in [0.3, 0.4) is 0 Å². The first kappa shape index (κ1) is 25.0. The Bertz CT molecular complexity index is 1070. The molecular weight excluding hydrogens is 564 g/mol. The van der Waals surface area contributed by atoms with Gasteiger partial charge in [-0.3, -0.25) is 4.79 Å². The van der Waals surface area contributed by atoms with E-state index in [1.54, 1.807) is 24.3 Å². The third-order valence-electron chi connectivity index (χ3n) is 4.06. The van der Waals surface area contributed by atoms with Gasteiger partial charge >= 0.3 is 5.97 Å². The van der Waals surface area contributed by atoms with E-state index in [0.717, 1.165) is 4.47 Å². The smallest absolute Gasteiger partial charge is 0.321 e. The van der Waals surface area contributed by atoms with E-state index in [2.05, 4.69) is 41.3 Å². The van der Waals surface area contributed by atoms with E-state index in [9.17, 15) is 26.7 Å². The Morgan fingerprint density at radius 2 is 1.30 bits per heavy atom. The van der Waals surface area contributed by atoms with Gasteiger partial charge in [0, 0.05) is 15.5 Å². The third kappa shape index (κ3) is 7.43. The molecule has 0 saturated heterocycles. The number of carbonyl (C=O) groups is 1. The molecule has 2 aromatic carbocycles. The number of rotatable bonds is 11. The molecule has 0 aliphatic carbocycles. The van der Waals surface area contributed by atoms with Crippen molar-refractivity contribution in [3.05, 3.63) is 57.5 Å². The lowest BCUT2D eigenvalue weighted by Gasteiger charge is -2.15. The molecule has 0 heterocycles. The minimum absolute atomic E-state index is 0.0190. The number of carboxylic acids is 1. The molecule has 3 N–H and O–H groups in total. The molecule has 0 amide bonds. The van der Waals surface area contributed by atoms with E-state index in [4.69, 9.17) is 0 Å². The molecular formula is C18H20Br2N2O6S2. The Labute approximate surface area is 192 Å². The minimum Gasteiger partial charge on any atom is -0.480 e. The van der Waals surface area contributed by atoms with Crippen LogP contribution in [0.4, 0.5) is 0 Å². The normalized spacial score (nSPS) is 13.1. The number of unbranched alkanes of at least 4 members (excludes halogenated alkanes) is 1. The van der Waals surface area contributed by atoms with Gasteiger partial charge in [0.15, 0.2) is 0 Å². The highest BCUT2D eigenvalue weighted by atomic mass is 79.9. The predicted octanol–water partition coefficient (Wildman–Crippen LogP) is 3.09. The first-order valence-electron chi connectivity index (χ1n) is 8.77. The van der Waals surface area contributed by atoms with Crippen LogP contribution in [0.1, 0.15) is 19.3 Å². The Morgan fingerprint density at radius 1 is 0.833 bits per heavy atom. The highest BCUT2D eigenvalue weighted by Gasteiger charge is 2.25. The maximum Gasteiger partial charge on any atom is 0.321 e. The summed E-state index contributed by atoms with van der Waals surface area (Å²) in [5, 5.41) is 9.33. The SMILES string of the molecule is O=C(O)[C@H](CCCCNS(=O)(=O)c1ccc(Br)cc1)NS(=O)(=O)c1ccc(Br)cc1. The fraction of sp³-hybridized carbons (Fsp3) is 0.278. The molecule has 0 aromatic heterocycles. The summed E-state index contributed by atoms with van der Waals surface area (Å²) in [6.45, 7) is 0.101. The standard InChI is InChI=1S/C18H20Br2N2O6S2/c19-13-4-8-15(9-5-13)29(25,26)21-12-2-1-3-17(18(23)24)22-30(27,28)16-10-6-14(20)7-11-16/h4-11,17,21-22H,1-3,12H2,(H,23,24)/t17-/m0/s1. The van der Waals surface area contributed by atoms with Crippen LogP contribution in [0.15, 0.2) is 67.3 Å². The van der Waals surface area contributed by atoms with Crippen LogP contribution in [0, 0.1) is 0 Å². The molecule has 0 bridgehead atoms. The van der Waals surface area contributed by atoms with E-state index in [-0.39, 0.29) is 22.8 Å². The average molecular weight is 584 g/mol. The van der Waals surface area contributed by atoms with Crippen molar-refractivity contribution in [2.75, 3.05) is 6.54 Å². The van der Waals surface area contributed by atoms with Gasteiger partial charge in [0.2, 0.25) is 20.0 Å². The lowest BCUT2D eigenvalue weighted by Crippen LogP contribution is -2.40. The van der Waals surface area contributed by atoms with Gasteiger partial charge in [-0.1, -0.05) is 31.9 Å². The Hall–Kier alpha value is -1.31. The molecule has 8 nitrogen and oxygen atoms in total. The topological polar surface area (TPSA) is 130 Å². The van der Waals surface area contributed by atoms with E-state index in [0.29, 0.717) is 17.3 Å². The van der Waals surface area contributed by atoms with Crippen LogP contribution < -0.4 is 9.44 Å². The van der Waals surface area contributed by atoms with Crippen molar-refractivity contribution in [1.29, 1.82) is 0 Å². The van der Waals surface area contributed by atoms with Crippen molar-refractivity contribution in [3.8, 4) is 0 Å². The van der Waals surface area contributed by atoms with E-state index >= 15 is 0 Å². The average Bonchev–Trinajstić information content (AvgIpc) is 2.67. The molecule has 0 fully saturated rings. The monoisotopic (exact) mass is 582 g/mol. The molecule has 0 radical (unpaired) electrons. The number of hydrogen-bond donors (Lipinski definition) is 3. The van der Waals surface area contributed by atoms with Gasteiger partial charge in [0.05, 0.1) is 9.79 Å². The molecule has 2 rings (SSSR count). The molecule has 1 atom stereocenters. The van der Waals surface area contributed by atoms with Gasteiger partial charge in [-0.2, -0.15) is 4.72 Å². The first-order chi connectivity index (χ1) is 14.0. The number of nitrogens with one attached hydrogen (secondary N) is 2. The van der Waals surface area contributed by atoms with Crippen LogP contribution >= 0.6 is 31.9 Å². The lowest BCUT2D eigenvalue weighted by atomic mass is 10.1. The van der Waals surface area contributed by atoms with Crippen molar-refractivity contribution in [1.82, 2.24) is 9.44 Å². The summed E-state index contributed by atoms with van der Waals surface area (Å²) in [7, 11) is -7.66. The molecule has 0 spiro atoms. The Kier molecular flexibility index (Phi) is 9.00. The zero-order valence-electron chi connectivity index (χ0n) is 15.6. The fourth-order valence-corrected chi connectivity index (χ4v) is 5.31. The maximum atomic E-state index is 12.4. The summed E-state index contributed by atoms with van der Waals surface area (Å²) in [4.78, 5) is 11.5. The fourth-order valence-electron chi connectivity index (χ4n) is 2.48. The number of hydrogen-bond acceptors (Lipinski definition) is 5. The number of sulfonamides is 2. The minimum atomic E-state index is -3.99. The highest BCUT2D eigenvalue weighted by molar-refractivity contribution is 9.10. The molecule has 0 aliphatic rings. The van der Waals surface area contributed by atoms with Gasteiger partial charge in [0.1, 0.15) is 6.04 Å². The van der Waals surface area contributed by atoms with Crippen molar-refractivity contribution in [2.45, 2.75) is 35.1 Å². The van der Waals surface area contributed by atoms with E-state index in [1.165, 1.54) is 24.3 Å². The van der Waals surface area contributed by atoms with Gasteiger partial charge < -0.3 is 5.11 Å². The zero-order valence-corrected chi connectivity index (χ0v) is 20.4. The molecule has 0 unspecified atom stereocenters. The van der Waals surface area contributed by atoms with Crippen LogP contribution in [0.5, 0.6) is 0 Å². The number of carboxylic acid groups (broad SMARTS) is 1. The second-order valence-electron chi connectivity index (χ2n) is 6.31. The van der Waals surface area contributed by atoms with E-state index < -0.39 is 32.1 Å². The number of halogens is 2. The summed E-state index contributed by atoms with van der Waals surface area (Å²) < 4.78 is 55.2. The van der Waals surface area contributed by atoms with Crippen molar-refractivity contribution >= 4 is 57.9 Å². The molecule has 164 valence electrons. The van der Waals surface area contributed by atoms with Crippen LogP contribution in [-0.4, -0.2) is 40.5 Å². The summed E-state index contributed by atoms with van der Waals surface area (Å²) in [6, 6.07) is 10.6. The molecule has 0 saturated carbocycles. The van der Waals surface area contributed by atoms with Crippen LogP contribution in [0.2, 0.25) is 0 Å².